The molecule has 1 atom stereocenters. The van der Waals surface area contributed by atoms with Crippen LogP contribution in [0.15, 0.2) is 122 Å². The number of allylic oxidation sites excluding steroid dienone is 20. The summed E-state index contributed by atoms with van der Waals surface area (Å²) in [6.45, 7) is 6.30. The van der Waals surface area contributed by atoms with Crippen LogP contribution in [0, 0.1) is 0 Å². The Morgan fingerprint density at radius 1 is 0.309 bits per heavy atom. The number of esters is 3. The van der Waals surface area contributed by atoms with Crippen molar-refractivity contribution < 1.29 is 28.6 Å². The van der Waals surface area contributed by atoms with Crippen LogP contribution in [-0.4, -0.2) is 37.2 Å². The van der Waals surface area contributed by atoms with Gasteiger partial charge in [0.1, 0.15) is 13.2 Å². The number of carbonyl (C=O) groups is 3. The van der Waals surface area contributed by atoms with E-state index in [-0.39, 0.29) is 37.5 Å². The number of hydrogen-bond acceptors (Lipinski definition) is 6. The molecule has 0 saturated carbocycles. The smallest absolute Gasteiger partial charge is 0.306 e. The van der Waals surface area contributed by atoms with E-state index in [1.54, 1.807) is 0 Å². The Balaban J connectivity index is 4.52. The van der Waals surface area contributed by atoms with Gasteiger partial charge >= 0.3 is 17.9 Å². The molecule has 1 unspecified atom stereocenters. The van der Waals surface area contributed by atoms with Crippen molar-refractivity contribution in [1.82, 2.24) is 0 Å². The third-order valence-electron chi connectivity index (χ3n) is 11.2. The zero-order valence-corrected chi connectivity index (χ0v) is 43.8. The number of rotatable bonds is 48. The lowest BCUT2D eigenvalue weighted by molar-refractivity contribution is -0.166. The summed E-state index contributed by atoms with van der Waals surface area (Å²) in [4.78, 5) is 38.0. The van der Waals surface area contributed by atoms with Gasteiger partial charge in [-0.1, -0.05) is 219 Å². The predicted octanol–water partition coefficient (Wildman–Crippen LogP) is 18.5. The van der Waals surface area contributed by atoms with E-state index in [0.29, 0.717) is 19.3 Å². The first kappa shape index (κ1) is 63.8. The Morgan fingerprint density at radius 3 is 1.01 bits per heavy atom. The van der Waals surface area contributed by atoms with Gasteiger partial charge in [-0.05, 0) is 116 Å². The van der Waals surface area contributed by atoms with Crippen LogP contribution in [0.3, 0.4) is 0 Å². The van der Waals surface area contributed by atoms with E-state index < -0.39 is 6.10 Å². The van der Waals surface area contributed by atoms with Gasteiger partial charge in [-0.15, -0.1) is 0 Å². The molecular formula is C62H100O6. The van der Waals surface area contributed by atoms with Crippen LogP contribution in [0.5, 0.6) is 0 Å². The van der Waals surface area contributed by atoms with Crippen molar-refractivity contribution in [3.05, 3.63) is 122 Å². The Bertz CT molecular complexity index is 1450. The molecule has 0 aromatic carbocycles. The Hall–Kier alpha value is -4.19. The van der Waals surface area contributed by atoms with Gasteiger partial charge in [-0.3, -0.25) is 14.4 Å². The van der Waals surface area contributed by atoms with Gasteiger partial charge in [0.2, 0.25) is 0 Å². The number of unbranched alkanes of at least 4 members (excludes halogenated alkanes) is 17. The minimum absolute atomic E-state index is 0.122. The summed E-state index contributed by atoms with van der Waals surface area (Å²) in [5, 5.41) is 0. The molecule has 0 bridgehead atoms. The van der Waals surface area contributed by atoms with E-state index in [0.717, 1.165) is 103 Å². The molecule has 6 heteroatoms. The lowest BCUT2D eigenvalue weighted by Crippen LogP contribution is -2.30. The molecule has 0 rings (SSSR count). The molecule has 0 amide bonds. The summed E-state index contributed by atoms with van der Waals surface area (Å²) in [7, 11) is 0. The van der Waals surface area contributed by atoms with Crippen LogP contribution in [-0.2, 0) is 28.6 Å². The van der Waals surface area contributed by atoms with Gasteiger partial charge in [0.15, 0.2) is 6.10 Å². The number of hydrogen-bond donors (Lipinski definition) is 0. The molecule has 0 aromatic heterocycles. The van der Waals surface area contributed by atoms with Crippen molar-refractivity contribution in [3.8, 4) is 0 Å². The summed E-state index contributed by atoms with van der Waals surface area (Å²) in [5.41, 5.74) is 0. The first-order valence-electron chi connectivity index (χ1n) is 27.5. The van der Waals surface area contributed by atoms with Crippen molar-refractivity contribution >= 4 is 17.9 Å². The second-order valence-electron chi connectivity index (χ2n) is 17.7. The second kappa shape index (κ2) is 55.4. The fraction of sp³-hybridized carbons (Fsp3) is 0.629. The van der Waals surface area contributed by atoms with Crippen LogP contribution >= 0.6 is 0 Å². The summed E-state index contributed by atoms with van der Waals surface area (Å²) in [5.74, 6) is -1.04. The van der Waals surface area contributed by atoms with Crippen LogP contribution in [0.2, 0.25) is 0 Å². The van der Waals surface area contributed by atoms with Gasteiger partial charge in [-0.2, -0.15) is 0 Å². The largest absolute Gasteiger partial charge is 0.462 e. The molecular weight excluding hydrogens is 841 g/mol. The molecule has 6 nitrogen and oxygen atoms in total. The molecule has 0 aliphatic carbocycles. The lowest BCUT2D eigenvalue weighted by atomic mass is 10.1. The van der Waals surface area contributed by atoms with E-state index in [1.165, 1.54) is 83.5 Å². The maximum Gasteiger partial charge on any atom is 0.306 e. The zero-order chi connectivity index (χ0) is 49.3. The van der Waals surface area contributed by atoms with Gasteiger partial charge < -0.3 is 14.2 Å². The Morgan fingerprint density at radius 2 is 0.603 bits per heavy atom. The van der Waals surface area contributed by atoms with E-state index >= 15 is 0 Å². The zero-order valence-electron chi connectivity index (χ0n) is 43.8. The topological polar surface area (TPSA) is 78.9 Å². The molecule has 384 valence electrons. The van der Waals surface area contributed by atoms with E-state index in [9.17, 15) is 14.4 Å². The highest BCUT2D eigenvalue weighted by Crippen LogP contribution is 2.13. The van der Waals surface area contributed by atoms with Crippen LogP contribution in [0.25, 0.3) is 0 Å². The van der Waals surface area contributed by atoms with E-state index in [2.05, 4.69) is 130 Å². The van der Waals surface area contributed by atoms with Crippen molar-refractivity contribution in [1.29, 1.82) is 0 Å². The predicted molar refractivity (Wildman–Crippen MR) is 293 cm³/mol. The normalized spacial score (nSPS) is 13.0. The van der Waals surface area contributed by atoms with Gasteiger partial charge in [0.25, 0.3) is 0 Å². The summed E-state index contributed by atoms with van der Waals surface area (Å²) < 4.78 is 16.7. The van der Waals surface area contributed by atoms with Crippen molar-refractivity contribution in [2.24, 2.45) is 0 Å². The maximum absolute atomic E-state index is 12.8. The van der Waals surface area contributed by atoms with E-state index in [1.807, 2.05) is 12.2 Å². The third-order valence-corrected chi connectivity index (χ3v) is 11.2. The Labute approximate surface area is 418 Å². The van der Waals surface area contributed by atoms with Crippen molar-refractivity contribution in [3.63, 3.8) is 0 Å². The molecule has 0 aromatic rings. The van der Waals surface area contributed by atoms with Crippen molar-refractivity contribution in [2.75, 3.05) is 13.2 Å². The molecule has 0 fully saturated rings. The van der Waals surface area contributed by atoms with Gasteiger partial charge in [0.05, 0.1) is 0 Å². The van der Waals surface area contributed by atoms with Crippen LogP contribution in [0.1, 0.15) is 233 Å². The summed E-state index contributed by atoms with van der Waals surface area (Å²) in [6, 6.07) is 0. The summed E-state index contributed by atoms with van der Waals surface area (Å²) >= 11 is 0. The van der Waals surface area contributed by atoms with Gasteiger partial charge in [0, 0.05) is 19.3 Å². The Kier molecular flexibility index (Phi) is 52.0. The average molecular weight is 941 g/mol. The first-order valence-corrected chi connectivity index (χ1v) is 27.5. The van der Waals surface area contributed by atoms with Gasteiger partial charge in [-0.25, -0.2) is 0 Å². The SMILES string of the molecule is CC/C=C\C/C=C\C/C=C\C/C=C\C/C=C\CCCCCC(=O)OCC(COC(=O)CC/C=C\C/C=C\C/C=C\C/C=C\CC)OC(=O)CCCCCCCCC/C=C\CCCCCCCCC. The third kappa shape index (κ3) is 52.8. The standard InChI is InChI=1S/C62H100O6/c1-4-7-10-13-16-19-22-25-27-29-31-33-34-37-40-43-46-49-52-55-61(64)67-58-59(57-66-60(63)54-51-48-45-42-39-36-24-21-18-15-12-9-6-3)68-62(65)56-53-50-47-44-41-38-35-32-30-28-26-23-20-17-14-11-8-5-2/h7,9-10,12,16,18-19,21,25,27-28,30-31,33,36-37,39-40,45,48,59H,4-6,8,11,13-15,17,20,22-24,26,29,32,34-35,38,41-44,46-47,49-58H2,1-3H3/b10-7-,12-9-,19-16-,21-18-,27-25-,30-28-,33-31-,39-36-,40-37-,48-45-. The molecule has 68 heavy (non-hydrogen) atoms. The monoisotopic (exact) mass is 941 g/mol. The average Bonchev–Trinajstić information content (AvgIpc) is 3.34. The molecule has 0 aliphatic heterocycles. The highest BCUT2D eigenvalue weighted by atomic mass is 16.6. The maximum atomic E-state index is 12.8. The fourth-order valence-electron chi connectivity index (χ4n) is 7.12. The summed E-state index contributed by atoms with van der Waals surface area (Å²) in [6.07, 6.45) is 76.3. The van der Waals surface area contributed by atoms with Crippen molar-refractivity contribution in [2.45, 2.75) is 239 Å². The number of ether oxygens (including phenoxy) is 3. The molecule has 0 aliphatic rings. The van der Waals surface area contributed by atoms with E-state index in [4.69, 9.17) is 14.2 Å². The molecule has 0 spiro atoms. The van der Waals surface area contributed by atoms with Crippen LogP contribution < -0.4 is 0 Å². The minimum atomic E-state index is -0.826. The molecule has 0 N–H and O–H groups in total. The first-order chi connectivity index (χ1) is 33.5. The second-order valence-corrected chi connectivity index (χ2v) is 17.7. The molecule has 0 heterocycles. The lowest BCUT2D eigenvalue weighted by Gasteiger charge is -2.18. The highest BCUT2D eigenvalue weighted by molar-refractivity contribution is 5.71. The fourth-order valence-corrected chi connectivity index (χ4v) is 7.12. The van der Waals surface area contributed by atoms with Crippen LogP contribution in [0.4, 0.5) is 0 Å². The molecule has 0 radical (unpaired) electrons. The number of carbonyl (C=O) groups excluding carboxylic acids is 3. The molecule has 0 saturated heterocycles. The highest BCUT2D eigenvalue weighted by Gasteiger charge is 2.19. The quantitative estimate of drug-likeness (QED) is 0.0262. The minimum Gasteiger partial charge on any atom is -0.462 e.